The summed E-state index contributed by atoms with van der Waals surface area (Å²) < 4.78 is 5.85. The summed E-state index contributed by atoms with van der Waals surface area (Å²) in [4.78, 5) is 14.3. The third kappa shape index (κ3) is 2.80. The zero-order valence-electron chi connectivity index (χ0n) is 12.8. The number of rotatable bonds is 4. The Morgan fingerprint density at radius 1 is 1.40 bits per heavy atom. The molecular weight excluding hydrogens is 252 g/mol. The summed E-state index contributed by atoms with van der Waals surface area (Å²) in [5, 5.41) is 0. The van der Waals surface area contributed by atoms with E-state index in [0.717, 1.165) is 29.8 Å². The maximum atomic E-state index is 12.5. The van der Waals surface area contributed by atoms with E-state index in [-0.39, 0.29) is 11.9 Å². The Morgan fingerprint density at radius 3 is 2.70 bits per heavy atom. The molecule has 1 aromatic rings. The number of hydrogen-bond donors (Lipinski definition) is 1. The Balaban J connectivity index is 2.42. The van der Waals surface area contributed by atoms with Crippen LogP contribution in [0.2, 0.25) is 0 Å². The molecule has 0 spiro atoms. The van der Waals surface area contributed by atoms with Gasteiger partial charge < -0.3 is 15.4 Å². The van der Waals surface area contributed by atoms with Crippen LogP contribution in [-0.4, -0.2) is 24.1 Å². The number of carbonyl (C=O) groups excluding carboxylic acids is 1. The van der Waals surface area contributed by atoms with E-state index < -0.39 is 5.60 Å². The van der Waals surface area contributed by atoms with Gasteiger partial charge >= 0.3 is 0 Å². The highest BCUT2D eigenvalue weighted by Crippen LogP contribution is 2.38. The fourth-order valence-corrected chi connectivity index (χ4v) is 2.56. The van der Waals surface area contributed by atoms with Crippen molar-refractivity contribution in [3.05, 3.63) is 23.8 Å². The molecule has 1 aliphatic rings. The van der Waals surface area contributed by atoms with Crippen molar-refractivity contribution >= 4 is 11.6 Å². The predicted octanol–water partition coefficient (Wildman–Crippen LogP) is 2.49. The standard InChI is InChI=1S/C16H24N2O2/c1-5-8-18-13-10-12(9-11(2)17)6-7-14(13)20-16(3,4)15(18)19/h6-7,10-11H,5,8-9,17H2,1-4H3. The average Bonchev–Trinajstić information content (AvgIpc) is 2.35. The number of fused-ring (bicyclic) bond motifs is 1. The van der Waals surface area contributed by atoms with E-state index >= 15 is 0 Å². The average molecular weight is 276 g/mol. The monoisotopic (exact) mass is 276 g/mol. The van der Waals surface area contributed by atoms with E-state index in [0.29, 0.717) is 6.54 Å². The van der Waals surface area contributed by atoms with Gasteiger partial charge in [0.05, 0.1) is 5.69 Å². The summed E-state index contributed by atoms with van der Waals surface area (Å²) in [5.41, 5.74) is 7.06. The number of nitrogens with zero attached hydrogens (tertiary/aromatic N) is 1. The summed E-state index contributed by atoms with van der Waals surface area (Å²) in [6.07, 6.45) is 1.71. The van der Waals surface area contributed by atoms with Crippen LogP contribution in [0.15, 0.2) is 18.2 Å². The van der Waals surface area contributed by atoms with Gasteiger partial charge in [0, 0.05) is 12.6 Å². The van der Waals surface area contributed by atoms with Crippen molar-refractivity contribution < 1.29 is 9.53 Å². The van der Waals surface area contributed by atoms with Gasteiger partial charge in [-0.2, -0.15) is 0 Å². The van der Waals surface area contributed by atoms with Gasteiger partial charge in [0.15, 0.2) is 5.60 Å². The third-order valence-electron chi connectivity index (χ3n) is 3.44. The molecule has 1 amide bonds. The molecule has 0 saturated carbocycles. The molecule has 0 bridgehead atoms. The number of carbonyl (C=O) groups is 1. The van der Waals surface area contributed by atoms with Crippen LogP contribution in [-0.2, 0) is 11.2 Å². The minimum atomic E-state index is -0.801. The van der Waals surface area contributed by atoms with Gasteiger partial charge in [0.2, 0.25) is 0 Å². The van der Waals surface area contributed by atoms with Crippen LogP contribution in [0.4, 0.5) is 5.69 Å². The third-order valence-corrected chi connectivity index (χ3v) is 3.44. The van der Waals surface area contributed by atoms with Crippen molar-refractivity contribution in [3.8, 4) is 5.75 Å². The van der Waals surface area contributed by atoms with Gasteiger partial charge in [-0.15, -0.1) is 0 Å². The van der Waals surface area contributed by atoms with E-state index in [2.05, 4.69) is 6.92 Å². The zero-order chi connectivity index (χ0) is 14.9. The van der Waals surface area contributed by atoms with Crippen molar-refractivity contribution in [1.29, 1.82) is 0 Å². The van der Waals surface area contributed by atoms with Crippen molar-refractivity contribution in [1.82, 2.24) is 0 Å². The Morgan fingerprint density at radius 2 is 2.10 bits per heavy atom. The molecule has 0 fully saturated rings. The molecular formula is C16H24N2O2. The lowest BCUT2D eigenvalue weighted by molar-refractivity contribution is -0.132. The molecule has 1 unspecified atom stereocenters. The molecule has 1 aliphatic heterocycles. The van der Waals surface area contributed by atoms with E-state index in [4.69, 9.17) is 10.5 Å². The molecule has 0 radical (unpaired) electrons. The van der Waals surface area contributed by atoms with E-state index in [1.165, 1.54) is 0 Å². The van der Waals surface area contributed by atoms with E-state index in [1.807, 2.05) is 43.9 Å². The predicted molar refractivity (Wildman–Crippen MR) is 81.1 cm³/mol. The molecule has 110 valence electrons. The maximum absolute atomic E-state index is 12.5. The molecule has 0 aliphatic carbocycles. The summed E-state index contributed by atoms with van der Waals surface area (Å²) >= 11 is 0. The summed E-state index contributed by atoms with van der Waals surface area (Å²) in [5.74, 6) is 0.793. The molecule has 4 heteroatoms. The number of nitrogens with two attached hydrogens (primary N) is 1. The van der Waals surface area contributed by atoms with E-state index in [9.17, 15) is 4.79 Å². The fourth-order valence-electron chi connectivity index (χ4n) is 2.56. The first kappa shape index (κ1) is 14.9. The highest BCUT2D eigenvalue weighted by Gasteiger charge is 2.40. The Bertz CT molecular complexity index is 509. The van der Waals surface area contributed by atoms with Crippen LogP contribution in [0.3, 0.4) is 0 Å². The Labute approximate surface area is 120 Å². The second-order valence-corrected chi connectivity index (χ2v) is 6.05. The summed E-state index contributed by atoms with van der Waals surface area (Å²) in [7, 11) is 0. The van der Waals surface area contributed by atoms with Crippen LogP contribution in [0.25, 0.3) is 0 Å². The fraction of sp³-hybridized carbons (Fsp3) is 0.562. The lowest BCUT2D eigenvalue weighted by atomic mass is 10.0. The first-order valence-corrected chi connectivity index (χ1v) is 7.24. The number of amides is 1. The van der Waals surface area contributed by atoms with Crippen LogP contribution in [0.5, 0.6) is 5.75 Å². The lowest BCUT2D eigenvalue weighted by Gasteiger charge is -2.39. The summed E-state index contributed by atoms with van der Waals surface area (Å²) in [6, 6.07) is 6.10. The minimum Gasteiger partial charge on any atom is -0.476 e. The van der Waals surface area contributed by atoms with Crippen LogP contribution in [0.1, 0.15) is 39.7 Å². The molecule has 2 rings (SSSR count). The normalized spacial score (nSPS) is 18.4. The molecule has 20 heavy (non-hydrogen) atoms. The largest absolute Gasteiger partial charge is 0.476 e. The highest BCUT2D eigenvalue weighted by atomic mass is 16.5. The molecule has 1 aromatic carbocycles. The van der Waals surface area contributed by atoms with Gasteiger partial charge in [-0.1, -0.05) is 13.0 Å². The molecule has 1 heterocycles. The van der Waals surface area contributed by atoms with Crippen LogP contribution < -0.4 is 15.4 Å². The van der Waals surface area contributed by atoms with Crippen LogP contribution in [0, 0.1) is 0 Å². The van der Waals surface area contributed by atoms with Crippen molar-refractivity contribution in [2.45, 2.75) is 52.2 Å². The lowest BCUT2D eigenvalue weighted by Crippen LogP contribution is -2.52. The second-order valence-electron chi connectivity index (χ2n) is 6.05. The van der Waals surface area contributed by atoms with Gasteiger partial charge in [-0.25, -0.2) is 0 Å². The smallest absolute Gasteiger partial charge is 0.270 e. The highest BCUT2D eigenvalue weighted by molar-refractivity contribution is 6.02. The number of hydrogen-bond acceptors (Lipinski definition) is 3. The molecule has 2 N–H and O–H groups in total. The number of ether oxygens (including phenoxy) is 1. The first-order valence-electron chi connectivity index (χ1n) is 7.24. The number of benzene rings is 1. The Kier molecular flexibility index (Phi) is 4.04. The molecule has 0 saturated heterocycles. The molecule has 1 atom stereocenters. The topological polar surface area (TPSA) is 55.6 Å². The SMILES string of the molecule is CCCN1C(=O)C(C)(C)Oc2ccc(CC(C)N)cc21. The zero-order valence-corrected chi connectivity index (χ0v) is 12.8. The van der Waals surface area contributed by atoms with Crippen molar-refractivity contribution in [2.24, 2.45) is 5.73 Å². The first-order chi connectivity index (χ1) is 9.35. The number of anilines is 1. The summed E-state index contributed by atoms with van der Waals surface area (Å²) in [6.45, 7) is 8.39. The molecule has 4 nitrogen and oxygen atoms in total. The van der Waals surface area contributed by atoms with Gasteiger partial charge in [0.1, 0.15) is 5.75 Å². The minimum absolute atomic E-state index is 0.0183. The second kappa shape index (κ2) is 5.44. The Hall–Kier alpha value is -1.55. The molecule has 0 aromatic heterocycles. The van der Waals surface area contributed by atoms with E-state index in [1.54, 1.807) is 0 Å². The van der Waals surface area contributed by atoms with Crippen molar-refractivity contribution in [2.75, 3.05) is 11.4 Å². The van der Waals surface area contributed by atoms with Crippen LogP contribution >= 0.6 is 0 Å². The quantitative estimate of drug-likeness (QED) is 0.919. The van der Waals surface area contributed by atoms with Gasteiger partial charge in [0.25, 0.3) is 5.91 Å². The van der Waals surface area contributed by atoms with Crippen molar-refractivity contribution in [3.63, 3.8) is 0 Å². The van der Waals surface area contributed by atoms with Gasteiger partial charge in [-0.3, -0.25) is 4.79 Å². The van der Waals surface area contributed by atoms with Gasteiger partial charge in [-0.05, 0) is 51.3 Å². The maximum Gasteiger partial charge on any atom is 0.270 e.